The molecule has 1 amide bonds. The number of amides is 1. The van der Waals surface area contributed by atoms with Crippen LogP contribution in [0.4, 0.5) is 5.69 Å². The fraction of sp³-hybridized carbons (Fsp3) is 0.562. The van der Waals surface area contributed by atoms with Crippen LogP contribution >= 0.6 is 11.8 Å². The van der Waals surface area contributed by atoms with Gasteiger partial charge in [0.25, 0.3) is 5.91 Å². The molecule has 0 fully saturated rings. The van der Waals surface area contributed by atoms with Crippen molar-refractivity contribution >= 4 is 23.4 Å². The molecular formula is C16H24N2OS. The van der Waals surface area contributed by atoms with E-state index in [4.69, 9.17) is 0 Å². The maximum absolute atomic E-state index is 12.3. The van der Waals surface area contributed by atoms with E-state index in [1.165, 1.54) is 24.2 Å². The summed E-state index contributed by atoms with van der Waals surface area (Å²) < 4.78 is 0. The van der Waals surface area contributed by atoms with Gasteiger partial charge in [-0.2, -0.15) is 11.8 Å². The highest BCUT2D eigenvalue weighted by Crippen LogP contribution is 2.25. The molecule has 20 heavy (non-hydrogen) atoms. The highest BCUT2D eigenvalue weighted by molar-refractivity contribution is 7.98. The van der Waals surface area contributed by atoms with E-state index in [1.54, 1.807) is 0 Å². The van der Waals surface area contributed by atoms with Crippen molar-refractivity contribution in [2.75, 3.05) is 30.4 Å². The van der Waals surface area contributed by atoms with Gasteiger partial charge in [-0.15, -0.1) is 0 Å². The molecule has 0 aliphatic carbocycles. The zero-order chi connectivity index (χ0) is 14.2. The van der Waals surface area contributed by atoms with Crippen molar-refractivity contribution in [2.45, 2.75) is 32.1 Å². The number of carbonyl (C=O) groups excluding carboxylic acids is 1. The van der Waals surface area contributed by atoms with Crippen molar-refractivity contribution in [1.82, 2.24) is 5.32 Å². The number of thioether (sulfide) groups is 1. The number of nitrogens with one attached hydrogen (secondary N) is 2. The Labute approximate surface area is 125 Å². The van der Waals surface area contributed by atoms with E-state index in [2.05, 4.69) is 23.0 Å². The van der Waals surface area contributed by atoms with Crippen molar-refractivity contribution in [2.24, 2.45) is 0 Å². The van der Waals surface area contributed by atoms with Gasteiger partial charge in [0.05, 0.1) is 0 Å². The lowest BCUT2D eigenvalue weighted by Gasteiger charge is -2.20. The fourth-order valence-corrected chi connectivity index (χ4v) is 3.06. The zero-order valence-corrected chi connectivity index (χ0v) is 13.0. The Hall–Kier alpha value is -1.16. The molecule has 0 aromatic heterocycles. The Morgan fingerprint density at radius 3 is 3.10 bits per heavy atom. The third-order valence-electron chi connectivity index (χ3n) is 3.65. The summed E-state index contributed by atoms with van der Waals surface area (Å²) >= 11 is 1.88. The number of rotatable bonds is 7. The van der Waals surface area contributed by atoms with Gasteiger partial charge in [0, 0.05) is 24.3 Å². The Bertz CT molecular complexity index is 448. The average Bonchev–Trinajstić information content (AvgIpc) is 2.50. The number of hydrogen-bond acceptors (Lipinski definition) is 3. The highest BCUT2D eigenvalue weighted by Gasteiger charge is 2.16. The second-order valence-electron chi connectivity index (χ2n) is 5.17. The smallest absolute Gasteiger partial charge is 0.251 e. The molecule has 0 saturated carbocycles. The minimum atomic E-state index is 0.0791. The van der Waals surface area contributed by atoms with Gasteiger partial charge in [0.2, 0.25) is 0 Å². The molecule has 2 rings (SSSR count). The van der Waals surface area contributed by atoms with E-state index in [-0.39, 0.29) is 5.91 Å². The van der Waals surface area contributed by atoms with Crippen LogP contribution in [0.2, 0.25) is 0 Å². The zero-order valence-electron chi connectivity index (χ0n) is 12.2. The molecule has 2 N–H and O–H groups in total. The third-order valence-corrected chi connectivity index (χ3v) is 4.35. The largest absolute Gasteiger partial charge is 0.385 e. The van der Waals surface area contributed by atoms with E-state index >= 15 is 0 Å². The van der Waals surface area contributed by atoms with E-state index in [0.29, 0.717) is 0 Å². The van der Waals surface area contributed by atoms with Crippen LogP contribution < -0.4 is 10.6 Å². The van der Waals surface area contributed by atoms with E-state index in [0.717, 1.165) is 43.6 Å². The van der Waals surface area contributed by atoms with Crippen molar-refractivity contribution in [3.05, 3.63) is 29.3 Å². The SMILES string of the molecule is CSCCCCCNC(=O)c1cccc2c1CCCN2. The molecule has 0 atom stereocenters. The number of fused-ring (bicyclic) bond motifs is 1. The van der Waals surface area contributed by atoms with Crippen molar-refractivity contribution in [1.29, 1.82) is 0 Å². The Morgan fingerprint density at radius 2 is 2.25 bits per heavy atom. The molecule has 0 radical (unpaired) electrons. The van der Waals surface area contributed by atoms with Crippen LogP contribution in [0.1, 0.15) is 41.6 Å². The first kappa shape index (κ1) is 15.2. The molecule has 1 aromatic carbocycles. The molecule has 1 aromatic rings. The summed E-state index contributed by atoms with van der Waals surface area (Å²) in [5.74, 6) is 1.29. The van der Waals surface area contributed by atoms with Gasteiger partial charge in [-0.1, -0.05) is 12.5 Å². The number of benzene rings is 1. The molecule has 3 nitrogen and oxygen atoms in total. The lowest BCUT2D eigenvalue weighted by molar-refractivity contribution is 0.0952. The van der Waals surface area contributed by atoms with E-state index in [1.807, 2.05) is 23.9 Å². The first-order chi connectivity index (χ1) is 9.83. The van der Waals surface area contributed by atoms with Crippen molar-refractivity contribution < 1.29 is 4.79 Å². The quantitative estimate of drug-likeness (QED) is 0.758. The third kappa shape index (κ3) is 4.17. The Balaban J connectivity index is 1.83. The molecule has 4 heteroatoms. The van der Waals surface area contributed by atoms with E-state index < -0.39 is 0 Å². The topological polar surface area (TPSA) is 41.1 Å². The van der Waals surface area contributed by atoms with Gasteiger partial charge in [-0.25, -0.2) is 0 Å². The summed E-state index contributed by atoms with van der Waals surface area (Å²) in [5.41, 5.74) is 3.15. The molecule has 1 aliphatic rings. The van der Waals surface area contributed by atoms with Crippen molar-refractivity contribution in [3.63, 3.8) is 0 Å². The summed E-state index contributed by atoms with van der Waals surface area (Å²) in [5, 5.41) is 6.42. The molecule has 110 valence electrons. The summed E-state index contributed by atoms with van der Waals surface area (Å²) in [6, 6.07) is 5.97. The molecule has 0 saturated heterocycles. The minimum Gasteiger partial charge on any atom is -0.385 e. The number of hydrogen-bond donors (Lipinski definition) is 2. The first-order valence-electron chi connectivity index (χ1n) is 7.46. The normalized spacial score (nSPS) is 13.4. The van der Waals surface area contributed by atoms with Gasteiger partial charge in [0.1, 0.15) is 0 Å². The molecule has 0 bridgehead atoms. The summed E-state index contributed by atoms with van der Waals surface area (Å²) in [4.78, 5) is 12.3. The van der Waals surface area contributed by atoms with Gasteiger partial charge in [0.15, 0.2) is 0 Å². The number of anilines is 1. The predicted molar refractivity (Wildman–Crippen MR) is 87.8 cm³/mol. The number of carbonyl (C=O) groups is 1. The maximum Gasteiger partial charge on any atom is 0.251 e. The number of unbranched alkanes of at least 4 members (excludes halogenated alkanes) is 2. The Kier molecular flexibility index (Phi) is 6.25. The van der Waals surface area contributed by atoms with Crippen LogP contribution in [0, 0.1) is 0 Å². The van der Waals surface area contributed by atoms with Crippen molar-refractivity contribution in [3.8, 4) is 0 Å². The summed E-state index contributed by atoms with van der Waals surface area (Å²) in [7, 11) is 0. The summed E-state index contributed by atoms with van der Waals surface area (Å²) in [6.45, 7) is 1.79. The van der Waals surface area contributed by atoms with Crippen LogP contribution in [0.25, 0.3) is 0 Å². The van der Waals surface area contributed by atoms with Crippen LogP contribution in [-0.4, -0.2) is 31.0 Å². The highest BCUT2D eigenvalue weighted by atomic mass is 32.2. The van der Waals surface area contributed by atoms with Gasteiger partial charge >= 0.3 is 0 Å². The molecule has 1 aliphatic heterocycles. The lowest BCUT2D eigenvalue weighted by atomic mass is 9.97. The summed E-state index contributed by atoms with van der Waals surface area (Å²) in [6.07, 6.45) is 7.73. The molecular weight excluding hydrogens is 268 g/mol. The van der Waals surface area contributed by atoms with E-state index in [9.17, 15) is 4.79 Å². The fourth-order valence-electron chi connectivity index (χ4n) is 2.57. The van der Waals surface area contributed by atoms with Gasteiger partial charge < -0.3 is 10.6 Å². The second kappa shape index (κ2) is 8.20. The minimum absolute atomic E-state index is 0.0791. The standard InChI is InChI=1S/C16H24N2OS/c1-20-12-4-2-3-10-18-16(19)14-7-5-9-15-13(14)8-6-11-17-15/h5,7,9,17H,2-4,6,8,10-12H2,1H3,(H,18,19). The van der Waals surface area contributed by atoms with Gasteiger partial charge in [-0.05, 0) is 55.4 Å². The monoisotopic (exact) mass is 292 g/mol. The van der Waals surface area contributed by atoms with Crippen LogP contribution in [-0.2, 0) is 6.42 Å². The predicted octanol–water partition coefficient (Wildman–Crippen LogP) is 3.31. The second-order valence-corrected chi connectivity index (χ2v) is 6.16. The van der Waals surface area contributed by atoms with Crippen LogP contribution in [0.3, 0.4) is 0 Å². The first-order valence-corrected chi connectivity index (χ1v) is 8.85. The average molecular weight is 292 g/mol. The van der Waals surface area contributed by atoms with Crippen LogP contribution in [0.15, 0.2) is 18.2 Å². The molecule has 0 unspecified atom stereocenters. The lowest BCUT2D eigenvalue weighted by Crippen LogP contribution is -2.27. The maximum atomic E-state index is 12.3. The Morgan fingerprint density at radius 1 is 1.35 bits per heavy atom. The molecule has 0 spiro atoms. The van der Waals surface area contributed by atoms with Crippen LogP contribution in [0.5, 0.6) is 0 Å². The van der Waals surface area contributed by atoms with Gasteiger partial charge in [-0.3, -0.25) is 4.79 Å². The molecule has 1 heterocycles.